The summed E-state index contributed by atoms with van der Waals surface area (Å²) in [5.41, 5.74) is 4.83. The van der Waals surface area contributed by atoms with Crippen molar-refractivity contribution in [1.82, 2.24) is 0 Å². The Morgan fingerprint density at radius 2 is 1.55 bits per heavy atom. The Labute approximate surface area is 198 Å². The molecule has 0 aliphatic heterocycles. The lowest BCUT2D eigenvalue weighted by molar-refractivity contribution is -0.153. The molecule has 2 aromatic carbocycles. The molecule has 0 saturated heterocycles. The minimum atomic E-state index is -0.892. The second kappa shape index (κ2) is 11.2. The Kier molecular flexibility index (Phi) is 9.10. The molecule has 2 rings (SSSR count). The van der Waals surface area contributed by atoms with Crippen molar-refractivity contribution in [3.8, 4) is 5.75 Å². The van der Waals surface area contributed by atoms with Crippen LogP contribution in [0.25, 0.3) is 0 Å². The standard InChI is InChI=1S/C28H40O5/c1-8-28(9-2,23-12-13-25(20(4)15-23)32-18-24(30)17-29)22-11-10-21(19(3)14-22)16-26(31)33-27(5,6)7/h10-15,24,29-30H,8-9,16-18H2,1-7H3/t24-/m1/s1. The average Bonchev–Trinajstić information content (AvgIpc) is 2.74. The van der Waals surface area contributed by atoms with Crippen LogP contribution in [0.2, 0.25) is 0 Å². The Morgan fingerprint density at radius 3 is 2.03 bits per heavy atom. The summed E-state index contributed by atoms with van der Waals surface area (Å²) in [4.78, 5) is 12.3. The molecule has 2 N–H and O–H groups in total. The zero-order valence-electron chi connectivity index (χ0n) is 21.2. The number of esters is 1. The molecule has 2 aromatic rings. The summed E-state index contributed by atoms with van der Waals surface area (Å²) in [6.45, 7) is 13.8. The monoisotopic (exact) mass is 456 g/mol. The van der Waals surface area contributed by atoms with Crippen LogP contribution in [-0.2, 0) is 21.4 Å². The smallest absolute Gasteiger partial charge is 0.310 e. The van der Waals surface area contributed by atoms with Crippen LogP contribution in [0.3, 0.4) is 0 Å². The largest absolute Gasteiger partial charge is 0.491 e. The van der Waals surface area contributed by atoms with Gasteiger partial charge in [0.05, 0.1) is 13.0 Å². The van der Waals surface area contributed by atoms with E-state index in [0.717, 1.165) is 29.5 Å². The van der Waals surface area contributed by atoms with E-state index in [2.05, 4.69) is 44.2 Å². The van der Waals surface area contributed by atoms with Crippen LogP contribution in [-0.4, -0.2) is 41.1 Å². The minimum absolute atomic E-state index is 0.0572. The summed E-state index contributed by atoms with van der Waals surface area (Å²) >= 11 is 0. The molecule has 0 heterocycles. The first-order valence-corrected chi connectivity index (χ1v) is 11.8. The number of aryl methyl sites for hydroxylation is 2. The maximum Gasteiger partial charge on any atom is 0.310 e. The molecule has 1 atom stereocenters. The maximum absolute atomic E-state index is 12.3. The van der Waals surface area contributed by atoms with Crippen molar-refractivity contribution >= 4 is 5.97 Å². The second-order valence-corrected chi connectivity index (χ2v) is 9.82. The van der Waals surface area contributed by atoms with E-state index in [4.69, 9.17) is 14.6 Å². The van der Waals surface area contributed by atoms with Crippen LogP contribution in [0.5, 0.6) is 5.75 Å². The number of hydrogen-bond acceptors (Lipinski definition) is 5. The highest BCUT2D eigenvalue weighted by molar-refractivity contribution is 5.73. The van der Waals surface area contributed by atoms with Gasteiger partial charge >= 0.3 is 5.97 Å². The third kappa shape index (κ3) is 6.81. The van der Waals surface area contributed by atoms with Gasteiger partial charge in [-0.05, 0) is 81.3 Å². The number of benzene rings is 2. The van der Waals surface area contributed by atoms with Gasteiger partial charge in [-0.2, -0.15) is 0 Å². The van der Waals surface area contributed by atoms with Gasteiger partial charge in [0.1, 0.15) is 24.1 Å². The van der Waals surface area contributed by atoms with Crippen LogP contribution >= 0.6 is 0 Å². The molecule has 0 spiro atoms. The summed E-state index contributed by atoms with van der Waals surface area (Å²) in [6.07, 6.45) is 1.23. The third-order valence-electron chi connectivity index (χ3n) is 6.23. The van der Waals surface area contributed by atoms with Crippen LogP contribution in [0.15, 0.2) is 36.4 Å². The fourth-order valence-corrected chi connectivity index (χ4v) is 4.31. The van der Waals surface area contributed by atoms with Crippen LogP contribution < -0.4 is 4.74 Å². The maximum atomic E-state index is 12.3. The van der Waals surface area contributed by atoms with Gasteiger partial charge in [0.15, 0.2) is 0 Å². The fraction of sp³-hybridized carbons (Fsp3) is 0.536. The number of carbonyl (C=O) groups excluding carboxylic acids is 1. The fourth-order valence-electron chi connectivity index (χ4n) is 4.31. The Balaban J connectivity index is 2.34. The lowest BCUT2D eigenvalue weighted by atomic mass is 9.70. The zero-order chi connectivity index (χ0) is 24.8. The van der Waals surface area contributed by atoms with Crippen LogP contribution in [0, 0.1) is 13.8 Å². The molecule has 33 heavy (non-hydrogen) atoms. The summed E-state index contributed by atoms with van der Waals surface area (Å²) in [5, 5.41) is 18.6. The van der Waals surface area contributed by atoms with Crippen molar-refractivity contribution < 1.29 is 24.5 Å². The van der Waals surface area contributed by atoms with Gasteiger partial charge in [-0.3, -0.25) is 4.79 Å². The van der Waals surface area contributed by atoms with E-state index < -0.39 is 11.7 Å². The molecule has 182 valence electrons. The first-order valence-electron chi connectivity index (χ1n) is 11.8. The Bertz CT molecular complexity index is 938. The molecule has 0 fully saturated rings. The summed E-state index contributed by atoms with van der Waals surface area (Å²) in [6, 6.07) is 12.6. The Hall–Kier alpha value is -2.37. The minimum Gasteiger partial charge on any atom is -0.491 e. The topological polar surface area (TPSA) is 76.0 Å². The van der Waals surface area contributed by atoms with Gasteiger partial charge in [0.2, 0.25) is 0 Å². The van der Waals surface area contributed by atoms with Crippen molar-refractivity contribution in [3.05, 3.63) is 64.2 Å². The van der Waals surface area contributed by atoms with Gasteiger partial charge in [-0.15, -0.1) is 0 Å². The zero-order valence-corrected chi connectivity index (χ0v) is 21.2. The van der Waals surface area contributed by atoms with E-state index in [9.17, 15) is 9.90 Å². The summed E-state index contributed by atoms with van der Waals surface area (Å²) in [5.74, 6) is 0.490. The molecular weight excluding hydrogens is 416 g/mol. The van der Waals surface area contributed by atoms with Crippen molar-refractivity contribution in [3.63, 3.8) is 0 Å². The van der Waals surface area contributed by atoms with Gasteiger partial charge in [-0.25, -0.2) is 0 Å². The first kappa shape index (κ1) is 26.9. The van der Waals surface area contributed by atoms with E-state index in [1.54, 1.807) is 0 Å². The molecular formula is C28H40O5. The van der Waals surface area contributed by atoms with E-state index in [-0.39, 0.29) is 31.0 Å². The summed E-state index contributed by atoms with van der Waals surface area (Å²) < 4.78 is 11.2. The summed E-state index contributed by atoms with van der Waals surface area (Å²) in [7, 11) is 0. The van der Waals surface area contributed by atoms with E-state index in [1.165, 1.54) is 11.1 Å². The number of ether oxygens (including phenoxy) is 2. The average molecular weight is 457 g/mol. The van der Waals surface area contributed by atoms with Crippen molar-refractivity contribution in [2.75, 3.05) is 13.2 Å². The van der Waals surface area contributed by atoms with E-state index in [0.29, 0.717) is 5.75 Å². The molecule has 0 radical (unpaired) electrons. The molecule has 0 amide bonds. The quantitative estimate of drug-likeness (QED) is 0.491. The third-order valence-corrected chi connectivity index (χ3v) is 6.23. The molecule has 5 heteroatoms. The molecule has 0 bridgehead atoms. The normalized spacial score (nSPS) is 13.0. The number of hydrogen-bond donors (Lipinski definition) is 2. The lowest BCUT2D eigenvalue weighted by Crippen LogP contribution is -2.27. The Morgan fingerprint density at radius 1 is 0.970 bits per heavy atom. The number of aliphatic hydroxyl groups is 2. The molecule has 0 saturated carbocycles. The van der Waals surface area contributed by atoms with E-state index in [1.807, 2.05) is 40.7 Å². The van der Waals surface area contributed by atoms with Gasteiger partial charge in [0.25, 0.3) is 0 Å². The lowest BCUT2D eigenvalue weighted by Gasteiger charge is -2.34. The second-order valence-electron chi connectivity index (χ2n) is 9.82. The SMILES string of the molecule is CCC(CC)(c1ccc(CC(=O)OC(C)(C)C)c(C)c1)c1ccc(OC[C@H](O)CO)c(C)c1. The highest BCUT2D eigenvalue weighted by Gasteiger charge is 2.31. The number of carbonyl (C=O) groups is 1. The molecule has 0 aliphatic carbocycles. The van der Waals surface area contributed by atoms with Gasteiger partial charge in [0, 0.05) is 5.41 Å². The first-order chi connectivity index (χ1) is 15.5. The predicted octanol–water partition coefficient (Wildman–Crippen LogP) is 5.03. The van der Waals surface area contributed by atoms with Gasteiger partial charge in [-0.1, -0.05) is 44.2 Å². The van der Waals surface area contributed by atoms with Crippen LogP contribution in [0.1, 0.15) is 75.3 Å². The van der Waals surface area contributed by atoms with Crippen molar-refractivity contribution in [2.45, 2.75) is 84.8 Å². The molecule has 0 aliphatic rings. The van der Waals surface area contributed by atoms with Crippen molar-refractivity contribution in [2.24, 2.45) is 0 Å². The highest BCUT2D eigenvalue weighted by atomic mass is 16.6. The highest BCUT2D eigenvalue weighted by Crippen LogP contribution is 2.41. The van der Waals surface area contributed by atoms with E-state index >= 15 is 0 Å². The molecule has 0 aromatic heterocycles. The predicted molar refractivity (Wildman–Crippen MR) is 132 cm³/mol. The van der Waals surface area contributed by atoms with Crippen molar-refractivity contribution in [1.29, 1.82) is 0 Å². The molecule has 0 unspecified atom stereocenters. The number of rotatable bonds is 10. The molecule has 5 nitrogen and oxygen atoms in total. The van der Waals surface area contributed by atoms with Crippen LogP contribution in [0.4, 0.5) is 0 Å². The number of aliphatic hydroxyl groups excluding tert-OH is 2. The van der Waals surface area contributed by atoms with Gasteiger partial charge < -0.3 is 19.7 Å².